The fourth-order valence-corrected chi connectivity index (χ4v) is 4.72. The van der Waals surface area contributed by atoms with Crippen LogP contribution in [0, 0.1) is 0 Å². The summed E-state index contributed by atoms with van der Waals surface area (Å²) < 4.78 is 0. The Kier molecular flexibility index (Phi) is 26.6. The Morgan fingerprint density at radius 2 is 0.844 bits per heavy atom. The molecule has 0 bridgehead atoms. The van der Waals surface area contributed by atoms with Crippen LogP contribution < -0.4 is 49.1 Å². The summed E-state index contributed by atoms with van der Waals surface area (Å²) in [6.07, 6.45) is 10.7. The van der Waals surface area contributed by atoms with Gasteiger partial charge in [0.1, 0.15) is 6.23 Å². The van der Waals surface area contributed by atoms with Crippen LogP contribution in [0.15, 0.2) is 18.2 Å². The molecule has 2 amide bonds. The average molecular weight is 636 g/mol. The van der Waals surface area contributed by atoms with Crippen molar-refractivity contribution in [1.82, 2.24) is 31.9 Å². The number of carbonyl (C=O) groups is 2. The van der Waals surface area contributed by atoms with Crippen molar-refractivity contribution >= 4 is 11.8 Å². The van der Waals surface area contributed by atoms with Crippen LogP contribution in [0.25, 0.3) is 0 Å². The van der Waals surface area contributed by atoms with E-state index in [0.717, 1.165) is 123 Å². The fraction of sp³-hybridized carbons (Fsp3) is 0.758. The Morgan fingerprint density at radius 3 is 1.22 bits per heavy atom. The van der Waals surface area contributed by atoms with Gasteiger partial charge in [-0.3, -0.25) is 14.9 Å². The predicted octanol–water partition coefficient (Wildman–Crippen LogP) is 1.05. The molecule has 45 heavy (non-hydrogen) atoms. The van der Waals surface area contributed by atoms with Gasteiger partial charge in [0.25, 0.3) is 11.8 Å². The van der Waals surface area contributed by atoms with E-state index in [2.05, 4.69) is 31.9 Å². The number of aliphatic hydroxyl groups excluding tert-OH is 1. The first-order valence-electron chi connectivity index (χ1n) is 17.4. The molecule has 0 fully saturated rings. The van der Waals surface area contributed by atoms with Crippen LogP contribution >= 0.6 is 0 Å². The first-order chi connectivity index (χ1) is 22.0. The van der Waals surface area contributed by atoms with Gasteiger partial charge in [0.2, 0.25) is 0 Å². The van der Waals surface area contributed by atoms with Gasteiger partial charge in [-0.2, -0.15) is 0 Å². The summed E-state index contributed by atoms with van der Waals surface area (Å²) >= 11 is 0. The molecule has 0 aromatic heterocycles. The molecule has 1 unspecified atom stereocenters. The van der Waals surface area contributed by atoms with E-state index in [9.17, 15) is 14.7 Å². The molecular formula is C33H65N9O3. The molecule has 12 heteroatoms. The Labute approximate surface area is 272 Å². The van der Waals surface area contributed by atoms with Crippen molar-refractivity contribution in [2.75, 3.05) is 78.5 Å². The normalized spacial score (nSPS) is 11.9. The second-order valence-corrected chi connectivity index (χ2v) is 11.6. The molecule has 0 aliphatic rings. The summed E-state index contributed by atoms with van der Waals surface area (Å²) in [5.41, 5.74) is 17.8. The van der Waals surface area contributed by atoms with Gasteiger partial charge in [0.05, 0.1) is 0 Å². The van der Waals surface area contributed by atoms with Gasteiger partial charge in [-0.05, 0) is 166 Å². The lowest BCUT2D eigenvalue weighted by Crippen LogP contribution is -2.29. The Balaban J connectivity index is 2.63. The largest absolute Gasteiger partial charge is 0.374 e. The molecule has 260 valence electrons. The Bertz CT molecular complexity index is 824. The molecule has 12 nitrogen and oxygen atoms in total. The van der Waals surface area contributed by atoms with E-state index in [4.69, 9.17) is 17.2 Å². The summed E-state index contributed by atoms with van der Waals surface area (Å²) in [5, 5.41) is 30.2. The SMILES string of the molecule is NCCCCNCCCCNC(=O)c1cc(C(=O)NCCCCNCCCCN)cc(C(O)NCCCCNCCCCN)c1. The predicted molar refractivity (Wildman–Crippen MR) is 185 cm³/mol. The first kappa shape index (κ1) is 40.9. The van der Waals surface area contributed by atoms with Crippen LogP contribution in [-0.2, 0) is 0 Å². The maximum Gasteiger partial charge on any atom is 0.251 e. The minimum Gasteiger partial charge on any atom is -0.374 e. The summed E-state index contributed by atoms with van der Waals surface area (Å²) in [7, 11) is 0. The second kappa shape index (κ2) is 29.3. The maximum atomic E-state index is 13.1. The molecule has 0 radical (unpaired) electrons. The number of unbranched alkanes of at least 4 members (excludes halogenated alkanes) is 6. The smallest absolute Gasteiger partial charge is 0.251 e. The van der Waals surface area contributed by atoms with Crippen LogP contribution in [0.4, 0.5) is 0 Å². The number of amides is 2. The quantitative estimate of drug-likeness (QED) is 0.0415. The minimum atomic E-state index is -0.988. The van der Waals surface area contributed by atoms with Gasteiger partial charge in [0, 0.05) is 24.2 Å². The van der Waals surface area contributed by atoms with Crippen molar-refractivity contribution in [3.8, 4) is 0 Å². The number of aliphatic hydroxyl groups is 1. The van der Waals surface area contributed by atoms with Crippen molar-refractivity contribution in [2.24, 2.45) is 17.2 Å². The Hall–Kier alpha value is -2.16. The molecule has 0 aliphatic carbocycles. The molecule has 1 atom stereocenters. The topological polar surface area (TPSA) is 205 Å². The highest BCUT2D eigenvalue weighted by Crippen LogP contribution is 2.17. The summed E-state index contributed by atoms with van der Waals surface area (Å²) in [6, 6.07) is 4.94. The molecule has 0 saturated heterocycles. The van der Waals surface area contributed by atoms with Gasteiger partial charge < -0.3 is 48.9 Å². The van der Waals surface area contributed by atoms with Crippen LogP contribution in [0.2, 0.25) is 0 Å². The molecule has 1 aromatic rings. The fourth-order valence-electron chi connectivity index (χ4n) is 4.72. The third kappa shape index (κ3) is 22.1. The lowest BCUT2D eigenvalue weighted by molar-refractivity contribution is 0.0952. The highest BCUT2D eigenvalue weighted by Gasteiger charge is 2.16. The van der Waals surface area contributed by atoms with E-state index in [0.29, 0.717) is 49.4 Å². The third-order valence-electron chi connectivity index (χ3n) is 7.47. The highest BCUT2D eigenvalue weighted by molar-refractivity contribution is 6.00. The van der Waals surface area contributed by atoms with Crippen LogP contribution in [0.5, 0.6) is 0 Å². The highest BCUT2D eigenvalue weighted by atomic mass is 16.3. The number of rotatable bonds is 31. The van der Waals surface area contributed by atoms with Crippen molar-refractivity contribution < 1.29 is 14.7 Å². The number of carbonyl (C=O) groups excluding carboxylic acids is 2. The number of hydrogen-bond donors (Lipinski definition) is 10. The van der Waals surface area contributed by atoms with Crippen LogP contribution in [0.1, 0.15) is 110 Å². The Morgan fingerprint density at radius 1 is 0.511 bits per heavy atom. The van der Waals surface area contributed by atoms with Crippen molar-refractivity contribution in [2.45, 2.75) is 83.3 Å². The van der Waals surface area contributed by atoms with Gasteiger partial charge in [-0.15, -0.1) is 0 Å². The number of benzene rings is 1. The van der Waals surface area contributed by atoms with Crippen molar-refractivity contribution in [3.63, 3.8) is 0 Å². The molecular weight excluding hydrogens is 570 g/mol. The molecule has 13 N–H and O–H groups in total. The van der Waals surface area contributed by atoms with Gasteiger partial charge in [0.15, 0.2) is 0 Å². The summed E-state index contributed by atoms with van der Waals surface area (Å²) in [6.45, 7) is 9.42. The van der Waals surface area contributed by atoms with E-state index in [-0.39, 0.29) is 11.8 Å². The lowest BCUT2D eigenvalue weighted by atomic mass is 10.0. The molecule has 1 rings (SSSR count). The molecule has 0 heterocycles. The number of nitrogens with two attached hydrogens (primary N) is 3. The standard InChI is InChI=1S/C33H65N9O3/c34-13-1-4-16-37-19-7-10-22-40-31(43)28-25-29(32(44)41-23-11-8-20-38-17-5-2-14-35)27-30(26-28)33(45)42-24-12-9-21-39-18-6-3-15-36/h25-27,31,37-40,43H,1-24,34-36H2,(H,41,44)(H,42,45). The number of nitrogens with one attached hydrogen (secondary N) is 6. The summed E-state index contributed by atoms with van der Waals surface area (Å²) in [5.74, 6) is -0.508. The van der Waals surface area contributed by atoms with Crippen LogP contribution in [-0.4, -0.2) is 95.5 Å². The van der Waals surface area contributed by atoms with Gasteiger partial charge >= 0.3 is 0 Å². The van der Waals surface area contributed by atoms with E-state index in [1.807, 2.05) is 0 Å². The van der Waals surface area contributed by atoms with Gasteiger partial charge in [-0.1, -0.05) is 0 Å². The zero-order valence-electron chi connectivity index (χ0n) is 27.8. The number of hydrogen-bond acceptors (Lipinski definition) is 10. The monoisotopic (exact) mass is 636 g/mol. The van der Waals surface area contributed by atoms with Crippen molar-refractivity contribution in [1.29, 1.82) is 0 Å². The molecule has 0 saturated carbocycles. The van der Waals surface area contributed by atoms with Crippen molar-refractivity contribution in [3.05, 3.63) is 34.9 Å². The van der Waals surface area contributed by atoms with E-state index in [1.165, 1.54) is 0 Å². The van der Waals surface area contributed by atoms with E-state index >= 15 is 0 Å². The van der Waals surface area contributed by atoms with E-state index in [1.54, 1.807) is 18.2 Å². The maximum absolute atomic E-state index is 13.1. The van der Waals surface area contributed by atoms with Crippen LogP contribution in [0.3, 0.4) is 0 Å². The average Bonchev–Trinajstić information content (AvgIpc) is 3.05. The summed E-state index contributed by atoms with van der Waals surface area (Å²) in [4.78, 5) is 26.1. The first-order valence-corrected chi connectivity index (χ1v) is 17.4. The zero-order valence-corrected chi connectivity index (χ0v) is 27.8. The second-order valence-electron chi connectivity index (χ2n) is 11.6. The zero-order chi connectivity index (χ0) is 32.8. The third-order valence-corrected chi connectivity index (χ3v) is 7.47. The molecule has 0 aliphatic heterocycles. The lowest BCUT2D eigenvalue weighted by Gasteiger charge is -2.16. The van der Waals surface area contributed by atoms with E-state index < -0.39 is 6.23 Å². The minimum absolute atomic E-state index is 0.254. The molecule has 0 spiro atoms. The molecule has 1 aromatic carbocycles. The van der Waals surface area contributed by atoms with Gasteiger partial charge in [-0.25, -0.2) is 0 Å².